The molecule has 0 saturated carbocycles. The molecule has 0 aliphatic rings. The van der Waals surface area contributed by atoms with Crippen LogP contribution in [0.15, 0.2) is 53.4 Å². The van der Waals surface area contributed by atoms with Gasteiger partial charge in [-0.2, -0.15) is 0 Å². The van der Waals surface area contributed by atoms with E-state index in [0.29, 0.717) is 24.3 Å². The van der Waals surface area contributed by atoms with Crippen molar-refractivity contribution in [1.82, 2.24) is 9.62 Å². The van der Waals surface area contributed by atoms with Crippen LogP contribution in [0.25, 0.3) is 0 Å². The van der Waals surface area contributed by atoms with Crippen molar-refractivity contribution in [3.05, 3.63) is 59.7 Å². The molecule has 0 aliphatic heterocycles. The number of rotatable bonds is 10. The van der Waals surface area contributed by atoms with Gasteiger partial charge in [0, 0.05) is 18.8 Å². The zero-order chi connectivity index (χ0) is 23.0. The summed E-state index contributed by atoms with van der Waals surface area (Å²) in [6.07, 6.45) is 0. The van der Waals surface area contributed by atoms with E-state index >= 15 is 0 Å². The van der Waals surface area contributed by atoms with E-state index in [2.05, 4.69) is 10.0 Å². The molecule has 0 aliphatic carbocycles. The molecule has 1 atom stereocenters. The highest BCUT2D eigenvalue weighted by Gasteiger charge is 2.21. The Morgan fingerprint density at radius 1 is 1.13 bits per heavy atom. The Kier molecular flexibility index (Phi) is 8.73. The molecule has 168 valence electrons. The summed E-state index contributed by atoms with van der Waals surface area (Å²) >= 11 is 0. The maximum atomic E-state index is 12.7. The lowest BCUT2D eigenvalue weighted by atomic mass is 10.1. The zero-order valence-electron chi connectivity index (χ0n) is 18.2. The molecule has 1 unspecified atom stereocenters. The molecule has 9 heteroatoms. The number of nitrogens with one attached hydrogen (secondary N) is 2. The molecule has 0 radical (unpaired) electrons. The standard InChI is InChI=1S/C22H29N3O5S/c1-16-10-11-19(12-20(16)31(28,29)23-3)24-21(26)15-25(13-17(2)22(27)30-4)14-18-8-6-5-7-9-18/h5-12,17,23H,13-15H2,1-4H3,(H,24,26). The maximum absolute atomic E-state index is 12.7. The van der Waals surface area contributed by atoms with Gasteiger partial charge in [-0.1, -0.05) is 43.3 Å². The predicted molar refractivity (Wildman–Crippen MR) is 119 cm³/mol. The molecule has 0 bridgehead atoms. The number of carbonyl (C=O) groups is 2. The van der Waals surface area contributed by atoms with Gasteiger partial charge in [-0.3, -0.25) is 14.5 Å². The number of esters is 1. The van der Waals surface area contributed by atoms with E-state index in [4.69, 9.17) is 4.74 Å². The van der Waals surface area contributed by atoms with Crippen LogP contribution in [0.3, 0.4) is 0 Å². The van der Waals surface area contributed by atoms with E-state index in [-0.39, 0.29) is 23.3 Å². The number of carbonyl (C=O) groups excluding carboxylic acids is 2. The Labute approximate surface area is 183 Å². The number of methoxy groups -OCH3 is 1. The van der Waals surface area contributed by atoms with Gasteiger partial charge in [0.2, 0.25) is 15.9 Å². The highest BCUT2D eigenvalue weighted by Crippen LogP contribution is 2.20. The zero-order valence-corrected chi connectivity index (χ0v) is 19.0. The molecule has 2 aromatic carbocycles. The lowest BCUT2D eigenvalue weighted by Crippen LogP contribution is -2.37. The maximum Gasteiger partial charge on any atom is 0.309 e. The van der Waals surface area contributed by atoms with Crippen molar-refractivity contribution in [3.8, 4) is 0 Å². The van der Waals surface area contributed by atoms with Gasteiger partial charge in [0.05, 0.1) is 24.5 Å². The first-order valence-electron chi connectivity index (χ1n) is 9.84. The largest absolute Gasteiger partial charge is 0.469 e. The Morgan fingerprint density at radius 2 is 1.81 bits per heavy atom. The monoisotopic (exact) mass is 447 g/mol. The Balaban J connectivity index is 2.15. The molecule has 2 N–H and O–H groups in total. The fraction of sp³-hybridized carbons (Fsp3) is 0.364. The number of anilines is 1. The van der Waals surface area contributed by atoms with Crippen LogP contribution in [0.1, 0.15) is 18.1 Å². The molecule has 2 aromatic rings. The van der Waals surface area contributed by atoms with Gasteiger partial charge in [0.15, 0.2) is 0 Å². The molecule has 0 aromatic heterocycles. The van der Waals surface area contributed by atoms with Crippen molar-refractivity contribution in [2.24, 2.45) is 5.92 Å². The lowest BCUT2D eigenvalue weighted by molar-refractivity contribution is -0.145. The van der Waals surface area contributed by atoms with Crippen molar-refractivity contribution in [3.63, 3.8) is 0 Å². The van der Waals surface area contributed by atoms with Crippen LogP contribution in [-0.2, 0) is 30.9 Å². The van der Waals surface area contributed by atoms with Gasteiger partial charge < -0.3 is 10.1 Å². The second-order valence-electron chi connectivity index (χ2n) is 7.32. The lowest BCUT2D eigenvalue weighted by Gasteiger charge is -2.24. The SMILES string of the molecule is CNS(=O)(=O)c1cc(NC(=O)CN(Cc2ccccc2)CC(C)C(=O)OC)ccc1C. The second kappa shape index (κ2) is 11.0. The number of nitrogens with zero attached hydrogens (tertiary/aromatic N) is 1. The summed E-state index contributed by atoms with van der Waals surface area (Å²) in [5, 5.41) is 2.75. The summed E-state index contributed by atoms with van der Waals surface area (Å²) in [4.78, 5) is 26.5. The number of hydrogen-bond acceptors (Lipinski definition) is 6. The van der Waals surface area contributed by atoms with E-state index in [0.717, 1.165) is 5.56 Å². The topological polar surface area (TPSA) is 105 Å². The van der Waals surface area contributed by atoms with Crippen LogP contribution in [0.4, 0.5) is 5.69 Å². The summed E-state index contributed by atoms with van der Waals surface area (Å²) < 4.78 is 31.4. The van der Waals surface area contributed by atoms with Crippen LogP contribution in [0.5, 0.6) is 0 Å². The third kappa shape index (κ3) is 7.16. The number of benzene rings is 2. The number of amides is 1. The average Bonchev–Trinajstić information content (AvgIpc) is 2.74. The Morgan fingerprint density at radius 3 is 2.42 bits per heavy atom. The molecule has 8 nitrogen and oxygen atoms in total. The number of hydrogen-bond donors (Lipinski definition) is 2. The third-order valence-electron chi connectivity index (χ3n) is 4.78. The van der Waals surface area contributed by atoms with Crippen LogP contribution in [-0.4, -0.2) is 52.4 Å². The summed E-state index contributed by atoms with van der Waals surface area (Å²) in [5.74, 6) is -1.07. The normalized spacial score (nSPS) is 12.4. The fourth-order valence-electron chi connectivity index (χ4n) is 3.17. The highest BCUT2D eigenvalue weighted by atomic mass is 32.2. The van der Waals surface area contributed by atoms with Crippen LogP contribution < -0.4 is 10.0 Å². The van der Waals surface area contributed by atoms with Gasteiger partial charge >= 0.3 is 5.97 Å². The smallest absolute Gasteiger partial charge is 0.309 e. The summed E-state index contributed by atoms with van der Waals surface area (Å²) in [6, 6.07) is 14.3. The highest BCUT2D eigenvalue weighted by molar-refractivity contribution is 7.89. The van der Waals surface area contributed by atoms with E-state index in [9.17, 15) is 18.0 Å². The quantitative estimate of drug-likeness (QED) is 0.541. The van der Waals surface area contributed by atoms with Crippen LogP contribution >= 0.6 is 0 Å². The van der Waals surface area contributed by atoms with E-state index in [1.54, 1.807) is 26.0 Å². The fourth-order valence-corrected chi connectivity index (χ4v) is 4.16. The molecule has 0 spiro atoms. The molecular formula is C22H29N3O5S. The number of sulfonamides is 1. The Hall–Kier alpha value is -2.75. The molecule has 0 saturated heterocycles. The first kappa shape index (κ1) is 24.5. The minimum atomic E-state index is -3.64. The van der Waals surface area contributed by atoms with Crippen molar-refractivity contribution >= 4 is 27.6 Å². The van der Waals surface area contributed by atoms with Gasteiger partial charge in [-0.05, 0) is 37.2 Å². The van der Waals surface area contributed by atoms with E-state index in [1.807, 2.05) is 35.2 Å². The van der Waals surface area contributed by atoms with Gasteiger partial charge in [0.1, 0.15) is 0 Å². The van der Waals surface area contributed by atoms with Crippen molar-refractivity contribution in [1.29, 1.82) is 0 Å². The average molecular weight is 448 g/mol. The van der Waals surface area contributed by atoms with Crippen molar-refractivity contribution in [2.45, 2.75) is 25.3 Å². The van der Waals surface area contributed by atoms with Crippen LogP contribution in [0, 0.1) is 12.8 Å². The van der Waals surface area contributed by atoms with Gasteiger partial charge in [-0.25, -0.2) is 13.1 Å². The third-order valence-corrected chi connectivity index (χ3v) is 6.34. The van der Waals surface area contributed by atoms with Crippen LogP contribution in [0.2, 0.25) is 0 Å². The Bertz CT molecular complexity index is 1010. The second-order valence-corrected chi connectivity index (χ2v) is 9.17. The minimum absolute atomic E-state index is 0.0260. The first-order chi connectivity index (χ1) is 14.7. The summed E-state index contributed by atoms with van der Waals surface area (Å²) in [7, 11) is -0.971. The summed E-state index contributed by atoms with van der Waals surface area (Å²) in [5.41, 5.74) is 1.96. The van der Waals surface area contributed by atoms with E-state index in [1.165, 1.54) is 20.2 Å². The minimum Gasteiger partial charge on any atom is -0.469 e. The van der Waals surface area contributed by atoms with E-state index < -0.39 is 15.9 Å². The number of aryl methyl sites for hydroxylation is 1. The first-order valence-corrected chi connectivity index (χ1v) is 11.3. The molecule has 0 fully saturated rings. The molecule has 31 heavy (non-hydrogen) atoms. The predicted octanol–water partition coefficient (Wildman–Crippen LogP) is 2.15. The van der Waals surface area contributed by atoms with Gasteiger partial charge in [-0.15, -0.1) is 0 Å². The molecule has 0 heterocycles. The van der Waals surface area contributed by atoms with Gasteiger partial charge in [0.25, 0.3) is 0 Å². The summed E-state index contributed by atoms with van der Waals surface area (Å²) in [6.45, 7) is 4.27. The molecular weight excluding hydrogens is 418 g/mol. The molecule has 2 rings (SSSR count). The molecule has 1 amide bonds. The van der Waals surface area contributed by atoms with Crippen molar-refractivity contribution in [2.75, 3.05) is 32.6 Å². The number of ether oxygens (including phenoxy) is 1. The van der Waals surface area contributed by atoms with Crippen molar-refractivity contribution < 1.29 is 22.7 Å².